The standard InChI is InChI=1S/C21H21N3O3/c1-13-2-4-14(5-3-13)15-6-8-16(9-7-15)18(25)22-12-21(17-10-11-17)19(26)23-20(27)24-21/h2-9,17H,10-12H2,1H3,(H,22,25)(H2,23,24,26,27)/t21-/m0/s1. The Kier molecular flexibility index (Phi) is 4.18. The summed E-state index contributed by atoms with van der Waals surface area (Å²) < 4.78 is 0. The lowest BCUT2D eigenvalue weighted by atomic mass is 9.93. The average molecular weight is 363 g/mol. The van der Waals surface area contributed by atoms with Gasteiger partial charge in [0.15, 0.2) is 0 Å². The van der Waals surface area contributed by atoms with Crippen molar-refractivity contribution >= 4 is 17.8 Å². The van der Waals surface area contributed by atoms with Gasteiger partial charge in [-0.1, -0.05) is 42.0 Å². The molecule has 0 radical (unpaired) electrons. The van der Waals surface area contributed by atoms with Crippen molar-refractivity contribution in [1.82, 2.24) is 16.0 Å². The second-order valence-electron chi connectivity index (χ2n) is 7.28. The van der Waals surface area contributed by atoms with E-state index in [4.69, 9.17) is 0 Å². The van der Waals surface area contributed by atoms with Crippen LogP contribution in [0.15, 0.2) is 48.5 Å². The van der Waals surface area contributed by atoms with E-state index in [0.29, 0.717) is 5.56 Å². The fourth-order valence-electron chi connectivity index (χ4n) is 3.52. The first-order valence-corrected chi connectivity index (χ1v) is 9.07. The third-order valence-electron chi connectivity index (χ3n) is 5.30. The molecule has 6 nitrogen and oxygen atoms in total. The van der Waals surface area contributed by atoms with Gasteiger partial charge in [-0.3, -0.25) is 14.9 Å². The van der Waals surface area contributed by atoms with E-state index in [0.717, 1.165) is 24.0 Å². The summed E-state index contributed by atoms with van der Waals surface area (Å²) in [6.07, 6.45) is 1.74. The molecule has 2 aliphatic rings. The molecule has 4 amide bonds. The second kappa shape index (κ2) is 6.54. The van der Waals surface area contributed by atoms with E-state index >= 15 is 0 Å². The number of carbonyl (C=O) groups excluding carboxylic acids is 3. The molecule has 1 saturated heterocycles. The molecule has 0 aromatic heterocycles. The summed E-state index contributed by atoms with van der Waals surface area (Å²) in [5.41, 5.74) is 2.81. The van der Waals surface area contributed by atoms with Gasteiger partial charge in [-0.05, 0) is 48.9 Å². The number of benzene rings is 2. The van der Waals surface area contributed by atoms with Gasteiger partial charge in [-0.2, -0.15) is 0 Å². The van der Waals surface area contributed by atoms with E-state index in [2.05, 4.69) is 16.0 Å². The zero-order valence-corrected chi connectivity index (χ0v) is 15.0. The van der Waals surface area contributed by atoms with Gasteiger partial charge in [-0.15, -0.1) is 0 Å². The number of hydrogen-bond donors (Lipinski definition) is 3. The van der Waals surface area contributed by atoms with Gasteiger partial charge in [0.1, 0.15) is 5.54 Å². The molecule has 1 saturated carbocycles. The fourth-order valence-corrected chi connectivity index (χ4v) is 3.52. The Labute approximate surface area is 157 Å². The first-order chi connectivity index (χ1) is 13.0. The molecule has 138 valence electrons. The summed E-state index contributed by atoms with van der Waals surface area (Å²) in [5.74, 6) is -0.544. The van der Waals surface area contributed by atoms with E-state index < -0.39 is 11.6 Å². The van der Waals surface area contributed by atoms with Crippen molar-refractivity contribution in [1.29, 1.82) is 0 Å². The van der Waals surface area contributed by atoms with Crippen LogP contribution < -0.4 is 16.0 Å². The number of hydrogen-bond acceptors (Lipinski definition) is 3. The molecule has 4 rings (SSSR count). The largest absolute Gasteiger partial charge is 0.349 e. The Morgan fingerprint density at radius 3 is 2.15 bits per heavy atom. The van der Waals surface area contributed by atoms with Crippen LogP contribution in [0.25, 0.3) is 11.1 Å². The van der Waals surface area contributed by atoms with Crippen LogP contribution in [0.4, 0.5) is 4.79 Å². The Morgan fingerprint density at radius 2 is 1.63 bits per heavy atom. The van der Waals surface area contributed by atoms with Crippen LogP contribution in [0, 0.1) is 12.8 Å². The van der Waals surface area contributed by atoms with Gasteiger partial charge in [0.25, 0.3) is 11.8 Å². The van der Waals surface area contributed by atoms with Crippen LogP contribution in [0.3, 0.4) is 0 Å². The lowest BCUT2D eigenvalue weighted by Gasteiger charge is -2.26. The van der Waals surface area contributed by atoms with Crippen LogP contribution in [0.2, 0.25) is 0 Å². The molecule has 2 aromatic rings. The molecule has 1 aliphatic heterocycles. The quantitative estimate of drug-likeness (QED) is 0.713. The van der Waals surface area contributed by atoms with Crippen molar-refractivity contribution in [3.63, 3.8) is 0 Å². The number of rotatable bonds is 5. The van der Waals surface area contributed by atoms with E-state index in [-0.39, 0.29) is 24.3 Å². The highest BCUT2D eigenvalue weighted by Gasteiger charge is 2.56. The Bertz CT molecular complexity index is 901. The highest BCUT2D eigenvalue weighted by molar-refractivity contribution is 6.08. The predicted molar refractivity (Wildman–Crippen MR) is 101 cm³/mol. The second-order valence-corrected chi connectivity index (χ2v) is 7.28. The molecule has 1 heterocycles. The molecule has 2 fully saturated rings. The molecule has 1 aliphatic carbocycles. The molecule has 2 aromatic carbocycles. The number of amides is 4. The van der Waals surface area contributed by atoms with Gasteiger partial charge in [0.05, 0.1) is 6.54 Å². The van der Waals surface area contributed by atoms with Gasteiger partial charge < -0.3 is 10.6 Å². The number of imide groups is 1. The van der Waals surface area contributed by atoms with Crippen molar-refractivity contribution < 1.29 is 14.4 Å². The van der Waals surface area contributed by atoms with Crippen molar-refractivity contribution in [2.75, 3.05) is 6.54 Å². The van der Waals surface area contributed by atoms with E-state index in [1.54, 1.807) is 12.1 Å². The molecular formula is C21H21N3O3. The summed E-state index contributed by atoms with van der Waals surface area (Å²) in [7, 11) is 0. The fraction of sp³-hybridized carbons (Fsp3) is 0.286. The molecule has 0 spiro atoms. The molecule has 6 heteroatoms. The van der Waals surface area contributed by atoms with Crippen molar-refractivity contribution in [3.05, 3.63) is 59.7 Å². The average Bonchev–Trinajstić information content (AvgIpc) is 3.47. The number of carbonyl (C=O) groups is 3. The maximum Gasteiger partial charge on any atom is 0.322 e. The number of urea groups is 1. The molecular weight excluding hydrogens is 342 g/mol. The molecule has 0 bridgehead atoms. The zero-order valence-electron chi connectivity index (χ0n) is 15.0. The highest BCUT2D eigenvalue weighted by atomic mass is 16.2. The first kappa shape index (κ1) is 17.3. The third-order valence-corrected chi connectivity index (χ3v) is 5.30. The first-order valence-electron chi connectivity index (χ1n) is 9.07. The maximum absolute atomic E-state index is 12.5. The normalized spacial score (nSPS) is 21.5. The summed E-state index contributed by atoms with van der Waals surface area (Å²) in [5, 5.41) is 7.79. The number of aryl methyl sites for hydroxylation is 1. The van der Waals surface area contributed by atoms with E-state index in [9.17, 15) is 14.4 Å². The smallest absolute Gasteiger partial charge is 0.322 e. The van der Waals surface area contributed by atoms with Gasteiger partial charge in [-0.25, -0.2) is 4.79 Å². The summed E-state index contributed by atoms with van der Waals surface area (Å²) in [6.45, 7) is 2.13. The monoisotopic (exact) mass is 363 g/mol. The van der Waals surface area contributed by atoms with Crippen LogP contribution in [0.5, 0.6) is 0 Å². The topological polar surface area (TPSA) is 87.3 Å². The summed E-state index contributed by atoms with van der Waals surface area (Å²) in [4.78, 5) is 36.3. The van der Waals surface area contributed by atoms with E-state index in [1.807, 2.05) is 43.3 Å². The van der Waals surface area contributed by atoms with Crippen LogP contribution in [-0.4, -0.2) is 29.9 Å². The van der Waals surface area contributed by atoms with Crippen LogP contribution >= 0.6 is 0 Å². The van der Waals surface area contributed by atoms with Gasteiger partial charge in [0.2, 0.25) is 0 Å². The van der Waals surface area contributed by atoms with Crippen molar-refractivity contribution in [3.8, 4) is 11.1 Å². The molecule has 3 N–H and O–H groups in total. The predicted octanol–water partition coefficient (Wildman–Crippen LogP) is 2.38. The summed E-state index contributed by atoms with van der Waals surface area (Å²) >= 11 is 0. The third kappa shape index (κ3) is 3.30. The molecule has 27 heavy (non-hydrogen) atoms. The molecule has 1 atom stereocenters. The minimum absolute atomic E-state index is 0.0770. The lowest BCUT2D eigenvalue weighted by molar-refractivity contribution is -0.124. The minimum atomic E-state index is -1.02. The zero-order chi connectivity index (χ0) is 19.0. The minimum Gasteiger partial charge on any atom is -0.349 e. The molecule has 0 unspecified atom stereocenters. The van der Waals surface area contributed by atoms with Gasteiger partial charge in [0, 0.05) is 5.56 Å². The van der Waals surface area contributed by atoms with Crippen LogP contribution in [0.1, 0.15) is 28.8 Å². The summed E-state index contributed by atoms with van der Waals surface area (Å²) in [6, 6.07) is 15.0. The lowest BCUT2D eigenvalue weighted by Crippen LogP contribution is -2.57. The van der Waals surface area contributed by atoms with Crippen LogP contribution in [-0.2, 0) is 4.79 Å². The Hall–Kier alpha value is -3.15. The highest BCUT2D eigenvalue weighted by Crippen LogP contribution is 2.41. The van der Waals surface area contributed by atoms with Gasteiger partial charge >= 0.3 is 6.03 Å². The van der Waals surface area contributed by atoms with Crippen molar-refractivity contribution in [2.24, 2.45) is 5.92 Å². The van der Waals surface area contributed by atoms with Crippen molar-refractivity contribution in [2.45, 2.75) is 25.3 Å². The number of nitrogens with one attached hydrogen (secondary N) is 3. The Balaban J connectivity index is 1.44. The maximum atomic E-state index is 12.5. The Morgan fingerprint density at radius 1 is 1.04 bits per heavy atom. The van der Waals surface area contributed by atoms with E-state index in [1.165, 1.54) is 5.56 Å². The SMILES string of the molecule is Cc1ccc(-c2ccc(C(=O)NC[C@@]3(C4CC4)NC(=O)NC3=O)cc2)cc1.